The van der Waals surface area contributed by atoms with Crippen LogP contribution in [0.3, 0.4) is 0 Å². The maximum atomic E-state index is 11.7. The van der Waals surface area contributed by atoms with Crippen LogP contribution in [-0.4, -0.2) is 53.5 Å². The normalized spacial score (nSPS) is 22.6. The molecule has 1 aromatic heterocycles. The van der Waals surface area contributed by atoms with E-state index in [0.29, 0.717) is 18.3 Å². The molecule has 1 unspecified atom stereocenters. The molecule has 1 amide bonds. The second kappa shape index (κ2) is 4.56. The number of hydrogen-bond donors (Lipinski definition) is 2. The van der Waals surface area contributed by atoms with Crippen LogP contribution in [0.4, 0.5) is 17.6 Å². The van der Waals surface area contributed by atoms with Gasteiger partial charge >= 0.3 is 0 Å². The van der Waals surface area contributed by atoms with Crippen molar-refractivity contribution in [3.63, 3.8) is 0 Å². The van der Waals surface area contributed by atoms with Crippen molar-refractivity contribution >= 4 is 23.5 Å². The fraction of sp³-hybridized carbons (Fsp3) is 0.583. The number of nitrogens with one attached hydrogen (secondary N) is 1. The average Bonchev–Trinajstić information content (AvgIpc) is 2.79. The van der Waals surface area contributed by atoms with Gasteiger partial charge in [0.1, 0.15) is 11.6 Å². The summed E-state index contributed by atoms with van der Waals surface area (Å²) >= 11 is 0. The van der Waals surface area contributed by atoms with Crippen molar-refractivity contribution in [1.29, 1.82) is 0 Å². The molecule has 102 valence electrons. The molecule has 0 bridgehead atoms. The van der Waals surface area contributed by atoms with E-state index < -0.39 is 0 Å². The van der Waals surface area contributed by atoms with Gasteiger partial charge in [0.15, 0.2) is 0 Å². The van der Waals surface area contributed by atoms with E-state index in [1.807, 2.05) is 11.0 Å². The molecular weight excluding hydrogens is 244 g/mol. The predicted octanol–water partition coefficient (Wildman–Crippen LogP) is -0.0885. The van der Waals surface area contributed by atoms with E-state index in [9.17, 15) is 4.79 Å². The van der Waals surface area contributed by atoms with Crippen molar-refractivity contribution in [2.45, 2.75) is 18.9 Å². The van der Waals surface area contributed by atoms with Gasteiger partial charge in [-0.2, -0.15) is 9.97 Å². The molecule has 1 aromatic rings. The molecule has 0 aliphatic carbocycles. The first kappa shape index (κ1) is 12.0. The van der Waals surface area contributed by atoms with E-state index in [-0.39, 0.29) is 11.9 Å². The lowest BCUT2D eigenvalue weighted by Gasteiger charge is -2.38. The minimum absolute atomic E-state index is 0.270. The molecule has 2 aliphatic heterocycles. The SMILES string of the molecule is CNc1cc(N2CCN3C(=O)CCC3C2)nc(N)n1. The Morgan fingerprint density at radius 3 is 3.05 bits per heavy atom. The number of carbonyl (C=O) groups is 1. The fourth-order valence-electron chi connectivity index (χ4n) is 2.82. The molecule has 7 heteroatoms. The third-order valence-corrected chi connectivity index (χ3v) is 3.80. The second-order valence-electron chi connectivity index (χ2n) is 4.95. The summed E-state index contributed by atoms with van der Waals surface area (Å²) in [6.45, 7) is 2.38. The predicted molar refractivity (Wildman–Crippen MR) is 72.9 cm³/mol. The van der Waals surface area contributed by atoms with Gasteiger partial charge in [-0.1, -0.05) is 0 Å². The number of nitrogens with two attached hydrogens (primary N) is 1. The molecular formula is C12H18N6O. The highest BCUT2D eigenvalue weighted by molar-refractivity contribution is 5.79. The van der Waals surface area contributed by atoms with Crippen molar-refractivity contribution in [3.8, 4) is 0 Å². The van der Waals surface area contributed by atoms with Gasteiger partial charge < -0.3 is 20.9 Å². The van der Waals surface area contributed by atoms with Gasteiger partial charge in [0.05, 0.1) is 0 Å². The molecule has 0 radical (unpaired) electrons. The van der Waals surface area contributed by atoms with Crippen LogP contribution < -0.4 is 16.0 Å². The molecule has 2 saturated heterocycles. The average molecular weight is 262 g/mol. The Balaban J connectivity index is 1.80. The summed E-state index contributed by atoms with van der Waals surface area (Å²) in [5.41, 5.74) is 5.72. The zero-order valence-corrected chi connectivity index (χ0v) is 11.0. The van der Waals surface area contributed by atoms with Crippen molar-refractivity contribution in [2.75, 3.05) is 42.6 Å². The van der Waals surface area contributed by atoms with Gasteiger partial charge in [-0.3, -0.25) is 4.79 Å². The zero-order chi connectivity index (χ0) is 13.4. The molecule has 2 aliphatic rings. The van der Waals surface area contributed by atoms with Crippen LogP contribution in [0.25, 0.3) is 0 Å². The fourth-order valence-corrected chi connectivity index (χ4v) is 2.82. The Morgan fingerprint density at radius 2 is 2.26 bits per heavy atom. The van der Waals surface area contributed by atoms with Crippen LogP contribution in [0, 0.1) is 0 Å². The number of nitrogen functional groups attached to an aromatic ring is 1. The van der Waals surface area contributed by atoms with Crippen LogP contribution in [0.15, 0.2) is 6.07 Å². The van der Waals surface area contributed by atoms with E-state index >= 15 is 0 Å². The Hall–Kier alpha value is -2.05. The first-order chi connectivity index (χ1) is 9.17. The molecule has 3 N–H and O–H groups in total. The van der Waals surface area contributed by atoms with Gasteiger partial charge in [0.25, 0.3) is 0 Å². The first-order valence-corrected chi connectivity index (χ1v) is 6.54. The number of hydrogen-bond acceptors (Lipinski definition) is 6. The van der Waals surface area contributed by atoms with E-state index in [0.717, 1.165) is 31.9 Å². The highest BCUT2D eigenvalue weighted by Crippen LogP contribution is 2.26. The Labute approximate surface area is 111 Å². The molecule has 2 fully saturated rings. The van der Waals surface area contributed by atoms with Crippen LogP contribution in [0.5, 0.6) is 0 Å². The lowest BCUT2D eigenvalue weighted by Crippen LogP contribution is -2.51. The van der Waals surface area contributed by atoms with Crippen LogP contribution in [0.1, 0.15) is 12.8 Å². The monoisotopic (exact) mass is 262 g/mol. The van der Waals surface area contributed by atoms with Crippen LogP contribution in [-0.2, 0) is 4.79 Å². The largest absolute Gasteiger partial charge is 0.373 e. The summed E-state index contributed by atoms with van der Waals surface area (Å²) < 4.78 is 0. The highest BCUT2D eigenvalue weighted by atomic mass is 16.2. The standard InChI is InChI=1S/C12H18N6O/c1-14-9-6-10(16-12(13)15-9)17-4-5-18-8(7-17)2-3-11(18)19/h6,8H,2-5,7H2,1H3,(H3,13,14,15,16). The lowest BCUT2D eigenvalue weighted by molar-refractivity contribution is -0.129. The van der Waals surface area contributed by atoms with E-state index in [4.69, 9.17) is 5.73 Å². The summed E-state index contributed by atoms with van der Waals surface area (Å²) in [7, 11) is 1.80. The summed E-state index contributed by atoms with van der Waals surface area (Å²) in [6, 6.07) is 2.21. The van der Waals surface area contributed by atoms with Crippen LogP contribution >= 0.6 is 0 Å². The third kappa shape index (κ3) is 2.16. The molecule has 19 heavy (non-hydrogen) atoms. The maximum absolute atomic E-state index is 11.7. The maximum Gasteiger partial charge on any atom is 0.223 e. The molecule has 1 atom stereocenters. The summed E-state index contributed by atoms with van der Waals surface area (Å²) in [5, 5.41) is 2.98. The van der Waals surface area contributed by atoms with Gasteiger partial charge in [0, 0.05) is 45.2 Å². The number of aromatic nitrogens is 2. The number of rotatable bonds is 2. The smallest absolute Gasteiger partial charge is 0.223 e. The highest BCUT2D eigenvalue weighted by Gasteiger charge is 2.35. The van der Waals surface area contributed by atoms with Gasteiger partial charge in [0.2, 0.25) is 11.9 Å². The molecule has 0 saturated carbocycles. The second-order valence-corrected chi connectivity index (χ2v) is 4.95. The Bertz CT molecular complexity index is 505. The van der Waals surface area contributed by atoms with Gasteiger partial charge in [-0.25, -0.2) is 0 Å². The van der Waals surface area contributed by atoms with Crippen molar-refractivity contribution < 1.29 is 4.79 Å². The zero-order valence-electron chi connectivity index (χ0n) is 11.0. The first-order valence-electron chi connectivity index (χ1n) is 6.54. The van der Waals surface area contributed by atoms with E-state index in [1.165, 1.54) is 0 Å². The number of piperazine rings is 1. The molecule has 3 rings (SSSR count). The minimum atomic E-state index is 0.270. The third-order valence-electron chi connectivity index (χ3n) is 3.80. The Kier molecular flexibility index (Phi) is 2.88. The van der Waals surface area contributed by atoms with Crippen molar-refractivity contribution in [1.82, 2.24) is 14.9 Å². The van der Waals surface area contributed by atoms with E-state index in [1.54, 1.807) is 7.05 Å². The lowest BCUT2D eigenvalue weighted by atomic mass is 10.1. The molecule has 0 aromatic carbocycles. The minimum Gasteiger partial charge on any atom is -0.373 e. The number of nitrogens with zero attached hydrogens (tertiary/aromatic N) is 4. The molecule has 3 heterocycles. The van der Waals surface area contributed by atoms with Crippen molar-refractivity contribution in [3.05, 3.63) is 6.07 Å². The quantitative estimate of drug-likeness (QED) is 0.774. The van der Waals surface area contributed by atoms with Crippen molar-refractivity contribution in [2.24, 2.45) is 0 Å². The molecule has 0 spiro atoms. The van der Waals surface area contributed by atoms with E-state index in [2.05, 4.69) is 20.2 Å². The van der Waals surface area contributed by atoms with Crippen LogP contribution in [0.2, 0.25) is 0 Å². The summed E-state index contributed by atoms with van der Waals surface area (Å²) in [6.07, 6.45) is 1.61. The van der Waals surface area contributed by atoms with Gasteiger partial charge in [-0.05, 0) is 6.42 Å². The number of fused-ring (bicyclic) bond motifs is 1. The Morgan fingerprint density at radius 1 is 1.42 bits per heavy atom. The number of anilines is 3. The summed E-state index contributed by atoms with van der Waals surface area (Å²) in [4.78, 5) is 24.2. The molecule has 7 nitrogen and oxygen atoms in total. The van der Waals surface area contributed by atoms with Gasteiger partial charge in [-0.15, -0.1) is 0 Å². The summed E-state index contributed by atoms with van der Waals surface area (Å²) in [5.74, 6) is 2.10. The topological polar surface area (TPSA) is 87.4 Å². The number of amides is 1. The number of carbonyl (C=O) groups excluding carboxylic acids is 1.